The summed E-state index contributed by atoms with van der Waals surface area (Å²) < 4.78 is 15.2. The van der Waals surface area contributed by atoms with Gasteiger partial charge < -0.3 is 28.8 Å². The molecule has 0 radical (unpaired) electrons. The van der Waals surface area contributed by atoms with E-state index in [9.17, 15) is 9.59 Å². The predicted molar refractivity (Wildman–Crippen MR) is 135 cm³/mol. The minimum atomic E-state index is -0.569. The van der Waals surface area contributed by atoms with Crippen LogP contribution in [0.5, 0.6) is 5.75 Å². The number of nitrogens with zero attached hydrogens (tertiary/aromatic N) is 4. The summed E-state index contributed by atoms with van der Waals surface area (Å²) in [6.07, 6.45) is 3.16. The van der Waals surface area contributed by atoms with Crippen LogP contribution < -0.4 is 10.1 Å². The second kappa shape index (κ2) is 9.64. The average Bonchev–Trinajstić information content (AvgIpc) is 3.40. The minimum absolute atomic E-state index is 0.106. The third kappa shape index (κ3) is 5.13. The maximum Gasteiger partial charge on any atom is 0.407 e. The van der Waals surface area contributed by atoms with Gasteiger partial charge in [-0.25, -0.2) is 9.78 Å². The fourth-order valence-corrected chi connectivity index (χ4v) is 4.65. The number of hydrogen-bond donors (Lipinski definition) is 1. The third-order valence-electron chi connectivity index (χ3n) is 6.23. The molecule has 2 aromatic heterocycles. The smallest absolute Gasteiger partial charge is 0.407 e. The lowest BCUT2D eigenvalue weighted by Gasteiger charge is -2.33. The van der Waals surface area contributed by atoms with E-state index in [1.165, 1.54) is 0 Å². The maximum atomic E-state index is 13.5. The first kappa shape index (κ1) is 24.6. The van der Waals surface area contributed by atoms with E-state index in [1.807, 2.05) is 56.8 Å². The molecule has 188 valence electrons. The standard InChI is InChI=1S/C26H35N5O4/c1-7-30-12-9-11-20(30)23-28-19-14-17(15-21(34-6)22(19)29(23)5)24(32)31-13-8-10-18(16-31)27-25(33)35-26(2,3)4/h9,11-12,14-15,18H,7-8,10,13,16H2,1-6H3,(H,27,33). The minimum Gasteiger partial charge on any atom is -0.494 e. The topological polar surface area (TPSA) is 90.6 Å². The monoisotopic (exact) mass is 481 g/mol. The Morgan fingerprint density at radius 3 is 2.71 bits per heavy atom. The summed E-state index contributed by atoms with van der Waals surface area (Å²) in [7, 11) is 3.56. The number of imidazole rings is 1. The first-order valence-electron chi connectivity index (χ1n) is 12.1. The molecule has 4 rings (SSSR count). The molecule has 1 aliphatic heterocycles. The Labute approximate surface area is 206 Å². The van der Waals surface area contributed by atoms with Gasteiger partial charge in [0.05, 0.1) is 18.3 Å². The van der Waals surface area contributed by atoms with Crippen molar-refractivity contribution in [2.75, 3.05) is 20.2 Å². The number of amides is 2. The molecular weight excluding hydrogens is 446 g/mol. The van der Waals surface area contributed by atoms with E-state index < -0.39 is 11.7 Å². The van der Waals surface area contributed by atoms with E-state index in [4.69, 9.17) is 14.5 Å². The van der Waals surface area contributed by atoms with Gasteiger partial charge in [-0.05, 0) is 64.8 Å². The summed E-state index contributed by atoms with van der Waals surface area (Å²) >= 11 is 0. The number of nitrogens with one attached hydrogen (secondary N) is 1. The van der Waals surface area contributed by atoms with Crippen LogP contribution in [-0.2, 0) is 18.3 Å². The molecule has 3 aromatic rings. The number of hydrogen-bond acceptors (Lipinski definition) is 5. The summed E-state index contributed by atoms with van der Waals surface area (Å²) in [5.41, 5.74) is 2.50. The zero-order valence-corrected chi connectivity index (χ0v) is 21.4. The summed E-state index contributed by atoms with van der Waals surface area (Å²) in [4.78, 5) is 32.3. The van der Waals surface area contributed by atoms with Crippen LogP contribution in [0.4, 0.5) is 4.79 Å². The number of fused-ring (bicyclic) bond motifs is 1. The third-order valence-corrected chi connectivity index (χ3v) is 6.23. The molecule has 0 bridgehead atoms. The predicted octanol–water partition coefficient (Wildman–Crippen LogP) is 4.20. The highest BCUT2D eigenvalue weighted by Crippen LogP contribution is 2.32. The van der Waals surface area contributed by atoms with Gasteiger partial charge in [0, 0.05) is 44.5 Å². The lowest BCUT2D eigenvalue weighted by Crippen LogP contribution is -2.50. The van der Waals surface area contributed by atoms with Crippen molar-refractivity contribution >= 4 is 23.0 Å². The van der Waals surface area contributed by atoms with Crippen LogP contribution in [0.15, 0.2) is 30.5 Å². The quantitative estimate of drug-likeness (QED) is 0.590. The van der Waals surface area contributed by atoms with Gasteiger partial charge in [0.1, 0.15) is 16.9 Å². The van der Waals surface area contributed by atoms with Gasteiger partial charge in [0.15, 0.2) is 5.82 Å². The maximum absolute atomic E-state index is 13.5. The molecule has 0 saturated carbocycles. The van der Waals surface area contributed by atoms with Gasteiger partial charge >= 0.3 is 6.09 Å². The Hall–Kier alpha value is -3.49. The summed E-state index contributed by atoms with van der Waals surface area (Å²) in [5.74, 6) is 1.31. The molecule has 1 fully saturated rings. The molecule has 3 heterocycles. The molecule has 1 atom stereocenters. The SMILES string of the molecule is CCn1cccc1-c1nc2cc(C(=O)N3CCCC(NC(=O)OC(C)(C)C)C3)cc(OC)c2n1C. The lowest BCUT2D eigenvalue weighted by atomic mass is 10.0. The van der Waals surface area contributed by atoms with Gasteiger partial charge in [-0.1, -0.05) is 0 Å². The van der Waals surface area contributed by atoms with E-state index in [1.54, 1.807) is 18.1 Å². The zero-order valence-electron chi connectivity index (χ0n) is 21.4. The molecule has 1 N–H and O–H groups in total. The number of likely N-dealkylation sites (tertiary alicyclic amines) is 1. The molecular formula is C26H35N5O4. The molecule has 9 nitrogen and oxygen atoms in total. The summed E-state index contributed by atoms with van der Waals surface area (Å²) in [6, 6.07) is 7.49. The Morgan fingerprint density at radius 1 is 1.26 bits per heavy atom. The number of carbonyl (C=O) groups excluding carboxylic acids is 2. The molecule has 1 unspecified atom stereocenters. The zero-order chi connectivity index (χ0) is 25.3. The largest absolute Gasteiger partial charge is 0.494 e. The second-order valence-electron chi connectivity index (χ2n) is 9.96. The highest BCUT2D eigenvalue weighted by atomic mass is 16.6. The number of methoxy groups -OCH3 is 1. The van der Waals surface area contributed by atoms with Crippen LogP contribution in [-0.4, -0.2) is 62.9 Å². The van der Waals surface area contributed by atoms with E-state index >= 15 is 0 Å². The number of carbonyl (C=O) groups is 2. The van der Waals surface area contributed by atoms with Crippen LogP contribution in [0.1, 0.15) is 50.9 Å². The van der Waals surface area contributed by atoms with Crippen molar-refractivity contribution in [2.24, 2.45) is 7.05 Å². The van der Waals surface area contributed by atoms with Crippen molar-refractivity contribution in [3.8, 4) is 17.3 Å². The van der Waals surface area contributed by atoms with Gasteiger partial charge in [-0.15, -0.1) is 0 Å². The van der Waals surface area contributed by atoms with E-state index in [0.29, 0.717) is 29.9 Å². The molecule has 2 amide bonds. The molecule has 0 spiro atoms. The Kier molecular flexibility index (Phi) is 6.78. The van der Waals surface area contributed by atoms with Crippen LogP contribution >= 0.6 is 0 Å². The van der Waals surface area contributed by atoms with Gasteiger partial charge in [0.2, 0.25) is 0 Å². The van der Waals surface area contributed by atoms with E-state index in [-0.39, 0.29) is 11.9 Å². The number of aryl methyl sites for hydroxylation is 2. The number of ether oxygens (including phenoxy) is 2. The molecule has 35 heavy (non-hydrogen) atoms. The second-order valence-corrected chi connectivity index (χ2v) is 9.96. The highest BCUT2D eigenvalue weighted by Gasteiger charge is 2.28. The van der Waals surface area contributed by atoms with Crippen molar-refractivity contribution in [3.05, 3.63) is 36.0 Å². The Morgan fingerprint density at radius 2 is 2.03 bits per heavy atom. The normalized spacial score (nSPS) is 16.4. The Bertz CT molecular complexity index is 1240. The fourth-order valence-electron chi connectivity index (χ4n) is 4.65. The first-order chi connectivity index (χ1) is 16.6. The number of rotatable bonds is 5. The van der Waals surface area contributed by atoms with Crippen molar-refractivity contribution in [2.45, 2.75) is 58.7 Å². The van der Waals surface area contributed by atoms with E-state index in [0.717, 1.165) is 36.4 Å². The average molecular weight is 482 g/mol. The fraction of sp³-hybridized carbons (Fsp3) is 0.500. The van der Waals surface area contributed by atoms with Gasteiger partial charge in [-0.3, -0.25) is 4.79 Å². The number of alkyl carbamates (subject to hydrolysis) is 1. The lowest BCUT2D eigenvalue weighted by molar-refractivity contribution is 0.0452. The van der Waals surface area contributed by atoms with E-state index in [2.05, 4.69) is 16.8 Å². The van der Waals surface area contributed by atoms with Crippen LogP contribution in [0.3, 0.4) is 0 Å². The number of aromatic nitrogens is 3. The molecule has 1 aliphatic rings. The summed E-state index contributed by atoms with van der Waals surface area (Å²) in [6.45, 7) is 9.46. The Balaban J connectivity index is 1.59. The van der Waals surface area contributed by atoms with Gasteiger partial charge in [-0.2, -0.15) is 0 Å². The van der Waals surface area contributed by atoms with Crippen molar-refractivity contribution in [3.63, 3.8) is 0 Å². The van der Waals surface area contributed by atoms with Crippen molar-refractivity contribution in [1.82, 2.24) is 24.3 Å². The van der Waals surface area contributed by atoms with Crippen LogP contribution in [0, 0.1) is 0 Å². The molecule has 1 saturated heterocycles. The van der Waals surface area contributed by atoms with Crippen molar-refractivity contribution < 1.29 is 19.1 Å². The molecule has 9 heteroatoms. The number of piperidine rings is 1. The molecule has 1 aromatic carbocycles. The number of benzene rings is 1. The molecule has 0 aliphatic carbocycles. The van der Waals surface area contributed by atoms with Crippen LogP contribution in [0.25, 0.3) is 22.6 Å². The first-order valence-corrected chi connectivity index (χ1v) is 12.1. The van der Waals surface area contributed by atoms with Crippen molar-refractivity contribution in [1.29, 1.82) is 0 Å². The highest BCUT2D eigenvalue weighted by molar-refractivity contribution is 6.00. The summed E-state index contributed by atoms with van der Waals surface area (Å²) in [5, 5.41) is 2.90. The van der Waals surface area contributed by atoms with Crippen LogP contribution in [0.2, 0.25) is 0 Å². The van der Waals surface area contributed by atoms with Gasteiger partial charge in [0.25, 0.3) is 5.91 Å².